The van der Waals surface area contributed by atoms with E-state index in [2.05, 4.69) is 56.0 Å². The minimum Gasteiger partial charge on any atom is -0.353 e. The first-order valence-electron chi connectivity index (χ1n) is 8.39. The summed E-state index contributed by atoms with van der Waals surface area (Å²) in [6.45, 7) is 8.05. The van der Waals surface area contributed by atoms with Crippen LogP contribution < -0.4 is 10.6 Å². The van der Waals surface area contributed by atoms with Crippen LogP contribution in [-0.2, 0) is 19.5 Å². The van der Waals surface area contributed by atoms with E-state index in [0.29, 0.717) is 13.1 Å². The predicted octanol–water partition coefficient (Wildman–Crippen LogP) is 2.21. The van der Waals surface area contributed by atoms with Crippen LogP contribution in [0.1, 0.15) is 36.6 Å². The second-order valence-corrected chi connectivity index (χ2v) is 5.90. The summed E-state index contributed by atoms with van der Waals surface area (Å²) < 4.78 is 2.18. The average molecular weight is 324 g/mol. The number of nitrogens with one attached hydrogen (secondary N) is 2. The molecule has 0 bridgehead atoms. The van der Waals surface area contributed by atoms with E-state index in [-0.39, 0.29) is 6.04 Å². The van der Waals surface area contributed by atoms with Gasteiger partial charge in [-0.15, -0.1) is 16.8 Å². The van der Waals surface area contributed by atoms with Crippen LogP contribution in [0.4, 0.5) is 0 Å². The Morgan fingerprint density at radius 1 is 1.38 bits per heavy atom. The van der Waals surface area contributed by atoms with E-state index < -0.39 is 0 Å². The molecule has 0 fully saturated rings. The van der Waals surface area contributed by atoms with Gasteiger partial charge in [-0.1, -0.05) is 36.4 Å². The second kappa shape index (κ2) is 7.77. The number of hydrogen-bond donors (Lipinski definition) is 2. The van der Waals surface area contributed by atoms with E-state index in [1.807, 2.05) is 24.3 Å². The molecule has 0 amide bonds. The van der Waals surface area contributed by atoms with Crippen LogP contribution in [-0.4, -0.2) is 27.3 Å². The highest BCUT2D eigenvalue weighted by molar-refractivity contribution is 5.80. The fourth-order valence-corrected chi connectivity index (χ4v) is 2.83. The Morgan fingerprint density at radius 3 is 3.00 bits per heavy atom. The molecule has 1 aliphatic heterocycles. The fourth-order valence-electron chi connectivity index (χ4n) is 2.83. The van der Waals surface area contributed by atoms with Gasteiger partial charge in [0.15, 0.2) is 11.8 Å². The Balaban J connectivity index is 1.69. The quantitative estimate of drug-likeness (QED) is 0.486. The van der Waals surface area contributed by atoms with Crippen molar-refractivity contribution in [3.05, 3.63) is 60.2 Å². The summed E-state index contributed by atoms with van der Waals surface area (Å²) in [6, 6.07) is 10.5. The zero-order valence-electron chi connectivity index (χ0n) is 14.1. The molecule has 0 saturated carbocycles. The van der Waals surface area contributed by atoms with Gasteiger partial charge in [-0.3, -0.25) is 0 Å². The van der Waals surface area contributed by atoms with E-state index in [9.17, 15) is 0 Å². The standard InChI is InChI=1S/C18H24N6/c1-3-11-19-18(21-14(2)15-8-5-4-6-9-15)20-13-17-23-22-16-10-7-12-24(16)17/h3-6,8-9,14H,1,7,10-13H2,2H3,(H2,19,20,21)/t14-/m1/s1. The second-order valence-electron chi connectivity index (χ2n) is 5.90. The minimum absolute atomic E-state index is 0.159. The van der Waals surface area contributed by atoms with Crippen molar-refractivity contribution in [2.75, 3.05) is 6.54 Å². The number of aliphatic imine (C=N–C) groups is 1. The van der Waals surface area contributed by atoms with Gasteiger partial charge in [-0.25, -0.2) is 4.99 Å². The monoisotopic (exact) mass is 324 g/mol. The van der Waals surface area contributed by atoms with Crippen molar-refractivity contribution >= 4 is 5.96 Å². The molecule has 3 rings (SSSR count). The highest BCUT2D eigenvalue weighted by atomic mass is 15.3. The molecule has 24 heavy (non-hydrogen) atoms. The van der Waals surface area contributed by atoms with E-state index in [1.165, 1.54) is 5.56 Å². The molecule has 1 aromatic carbocycles. The molecular formula is C18H24N6. The largest absolute Gasteiger partial charge is 0.353 e. The summed E-state index contributed by atoms with van der Waals surface area (Å²) in [4.78, 5) is 4.67. The number of benzene rings is 1. The molecule has 1 aliphatic rings. The molecule has 0 saturated heterocycles. The van der Waals surface area contributed by atoms with Crippen LogP contribution in [0.3, 0.4) is 0 Å². The first kappa shape index (κ1) is 16.2. The number of rotatable bonds is 6. The maximum Gasteiger partial charge on any atom is 0.192 e. The third-order valence-corrected chi connectivity index (χ3v) is 4.13. The average Bonchev–Trinajstić information content (AvgIpc) is 3.22. The van der Waals surface area contributed by atoms with Gasteiger partial charge < -0.3 is 15.2 Å². The maximum absolute atomic E-state index is 4.67. The Labute approximate surface area is 142 Å². The van der Waals surface area contributed by atoms with Gasteiger partial charge >= 0.3 is 0 Å². The molecule has 0 radical (unpaired) electrons. The third kappa shape index (κ3) is 3.82. The zero-order valence-corrected chi connectivity index (χ0v) is 14.1. The molecule has 2 aromatic rings. The van der Waals surface area contributed by atoms with Crippen LogP contribution in [0.2, 0.25) is 0 Å². The van der Waals surface area contributed by atoms with Gasteiger partial charge in [0.05, 0.1) is 6.04 Å². The van der Waals surface area contributed by atoms with Crippen LogP contribution >= 0.6 is 0 Å². The number of guanidine groups is 1. The van der Waals surface area contributed by atoms with Gasteiger partial charge in [0.2, 0.25) is 0 Å². The number of hydrogen-bond acceptors (Lipinski definition) is 3. The molecule has 1 atom stereocenters. The summed E-state index contributed by atoms with van der Waals surface area (Å²) in [7, 11) is 0. The molecule has 0 spiro atoms. The van der Waals surface area contributed by atoms with Crippen LogP contribution in [0, 0.1) is 0 Å². The summed E-state index contributed by atoms with van der Waals surface area (Å²) in [5.41, 5.74) is 1.22. The minimum atomic E-state index is 0.159. The van der Waals surface area contributed by atoms with Crippen molar-refractivity contribution in [2.45, 2.75) is 38.9 Å². The Kier molecular flexibility index (Phi) is 5.25. The summed E-state index contributed by atoms with van der Waals surface area (Å²) >= 11 is 0. The Bertz CT molecular complexity index is 704. The molecular weight excluding hydrogens is 300 g/mol. The smallest absolute Gasteiger partial charge is 0.192 e. The van der Waals surface area contributed by atoms with E-state index in [0.717, 1.165) is 37.0 Å². The third-order valence-electron chi connectivity index (χ3n) is 4.13. The lowest BCUT2D eigenvalue weighted by atomic mass is 10.1. The molecule has 6 heteroatoms. The Morgan fingerprint density at radius 2 is 2.21 bits per heavy atom. The summed E-state index contributed by atoms with van der Waals surface area (Å²) in [5.74, 6) is 2.75. The number of aryl methyl sites for hydroxylation is 1. The fraction of sp³-hybridized carbons (Fsp3) is 0.389. The lowest BCUT2D eigenvalue weighted by Gasteiger charge is -2.18. The highest BCUT2D eigenvalue weighted by Crippen LogP contribution is 2.15. The molecule has 2 heterocycles. The van der Waals surface area contributed by atoms with Gasteiger partial charge in [-0.05, 0) is 18.9 Å². The molecule has 2 N–H and O–H groups in total. The lowest BCUT2D eigenvalue weighted by molar-refractivity contribution is 0.670. The van der Waals surface area contributed by atoms with Crippen LogP contribution in [0.25, 0.3) is 0 Å². The maximum atomic E-state index is 4.67. The van der Waals surface area contributed by atoms with E-state index in [4.69, 9.17) is 0 Å². The zero-order chi connectivity index (χ0) is 16.8. The van der Waals surface area contributed by atoms with Crippen molar-refractivity contribution in [3.63, 3.8) is 0 Å². The van der Waals surface area contributed by atoms with Crippen LogP contribution in [0.5, 0.6) is 0 Å². The predicted molar refractivity (Wildman–Crippen MR) is 95.7 cm³/mol. The van der Waals surface area contributed by atoms with Gasteiger partial charge in [0.25, 0.3) is 0 Å². The van der Waals surface area contributed by atoms with Crippen LogP contribution in [0.15, 0.2) is 48.0 Å². The topological polar surface area (TPSA) is 67.1 Å². The highest BCUT2D eigenvalue weighted by Gasteiger charge is 2.17. The molecule has 6 nitrogen and oxygen atoms in total. The van der Waals surface area contributed by atoms with Crippen molar-refractivity contribution in [2.24, 2.45) is 4.99 Å². The van der Waals surface area contributed by atoms with E-state index >= 15 is 0 Å². The molecule has 126 valence electrons. The van der Waals surface area contributed by atoms with Gasteiger partial charge in [0.1, 0.15) is 12.4 Å². The van der Waals surface area contributed by atoms with Gasteiger partial charge in [-0.2, -0.15) is 0 Å². The Hall–Kier alpha value is -2.63. The van der Waals surface area contributed by atoms with Crippen molar-refractivity contribution in [3.8, 4) is 0 Å². The first-order chi connectivity index (χ1) is 11.8. The normalized spacial score (nSPS) is 15.0. The molecule has 0 aliphatic carbocycles. The van der Waals surface area contributed by atoms with Crippen molar-refractivity contribution in [1.82, 2.24) is 25.4 Å². The first-order valence-corrected chi connectivity index (χ1v) is 8.39. The van der Waals surface area contributed by atoms with Crippen molar-refractivity contribution < 1.29 is 0 Å². The van der Waals surface area contributed by atoms with E-state index in [1.54, 1.807) is 0 Å². The molecule has 1 aromatic heterocycles. The molecule has 0 unspecified atom stereocenters. The number of fused-ring (bicyclic) bond motifs is 1. The lowest BCUT2D eigenvalue weighted by Crippen LogP contribution is -2.39. The van der Waals surface area contributed by atoms with Gasteiger partial charge in [0, 0.05) is 19.5 Å². The summed E-state index contributed by atoms with van der Waals surface area (Å²) in [6.07, 6.45) is 3.98. The van der Waals surface area contributed by atoms with Crippen molar-refractivity contribution in [1.29, 1.82) is 0 Å². The SMILES string of the molecule is C=CCNC(=NCc1nnc2n1CCC2)N[C@H](C)c1ccccc1. The number of aromatic nitrogens is 3. The summed E-state index contributed by atoms with van der Waals surface area (Å²) in [5, 5.41) is 15.2. The number of nitrogens with zero attached hydrogens (tertiary/aromatic N) is 4.